The van der Waals surface area contributed by atoms with Crippen LogP contribution in [-0.4, -0.2) is 19.7 Å². The Bertz CT molecular complexity index is 530. The molecular formula is C13H18N2O2S. The highest BCUT2D eigenvalue weighted by Gasteiger charge is 2.26. The maximum Gasteiger partial charge on any atom is 0.213 e. The number of nitrogens with zero attached hydrogens (tertiary/aromatic N) is 1. The molecule has 0 radical (unpaired) electrons. The van der Waals surface area contributed by atoms with Crippen LogP contribution in [0.5, 0.6) is 0 Å². The summed E-state index contributed by atoms with van der Waals surface area (Å²) in [7, 11) is -3.47. The Balaban J connectivity index is 2.76. The lowest BCUT2D eigenvalue weighted by atomic mass is 10.0. The average Bonchev–Trinajstić information content (AvgIpc) is 2.28. The summed E-state index contributed by atoms with van der Waals surface area (Å²) in [4.78, 5) is 0. The molecule has 1 unspecified atom stereocenters. The molecule has 5 heteroatoms. The first kappa shape index (κ1) is 14.7. The highest BCUT2D eigenvalue weighted by Crippen LogP contribution is 2.17. The zero-order valence-electron chi connectivity index (χ0n) is 10.8. The van der Waals surface area contributed by atoms with Crippen LogP contribution in [0.3, 0.4) is 0 Å². The van der Waals surface area contributed by atoms with Gasteiger partial charge in [0.05, 0.1) is 11.8 Å². The van der Waals surface area contributed by atoms with Crippen molar-refractivity contribution < 1.29 is 8.42 Å². The molecule has 0 aliphatic carbocycles. The van der Waals surface area contributed by atoms with Gasteiger partial charge in [0.2, 0.25) is 10.0 Å². The van der Waals surface area contributed by atoms with Crippen molar-refractivity contribution in [1.29, 1.82) is 5.26 Å². The molecule has 0 aromatic heterocycles. The van der Waals surface area contributed by atoms with E-state index in [1.807, 2.05) is 43.3 Å². The van der Waals surface area contributed by atoms with E-state index in [4.69, 9.17) is 5.26 Å². The Morgan fingerprint density at radius 1 is 1.33 bits per heavy atom. The van der Waals surface area contributed by atoms with Gasteiger partial charge < -0.3 is 0 Å². The Labute approximate surface area is 109 Å². The van der Waals surface area contributed by atoms with Gasteiger partial charge in [-0.25, -0.2) is 8.42 Å². The summed E-state index contributed by atoms with van der Waals surface area (Å²) < 4.78 is 26.2. The molecule has 18 heavy (non-hydrogen) atoms. The summed E-state index contributed by atoms with van der Waals surface area (Å²) >= 11 is 0. The van der Waals surface area contributed by atoms with Crippen LogP contribution in [0.15, 0.2) is 30.3 Å². The highest BCUT2D eigenvalue weighted by atomic mass is 32.2. The minimum absolute atomic E-state index is 0.0257. The maximum absolute atomic E-state index is 11.9. The summed E-state index contributed by atoms with van der Waals surface area (Å²) in [5, 5.41) is 8.83. The number of nitrogens with one attached hydrogen (secondary N) is 1. The minimum atomic E-state index is -3.47. The zero-order chi connectivity index (χ0) is 13.8. The van der Waals surface area contributed by atoms with E-state index in [9.17, 15) is 8.42 Å². The van der Waals surface area contributed by atoms with Crippen LogP contribution < -0.4 is 4.72 Å². The molecule has 1 rings (SSSR count). The van der Waals surface area contributed by atoms with Crippen LogP contribution >= 0.6 is 0 Å². The Morgan fingerprint density at radius 3 is 2.39 bits per heavy atom. The second-order valence-corrected chi connectivity index (χ2v) is 6.70. The molecule has 0 heterocycles. The van der Waals surface area contributed by atoms with Crippen LogP contribution in [0.4, 0.5) is 0 Å². The third-order valence-electron chi connectivity index (χ3n) is 2.53. The first-order valence-electron chi connectivity index (χ1n) is 5.73. The molecule has 0 amide bonds. The lowest BCUT2D eigenvalue weighted by Crippen LogP contribution is -2.43. The van der Waals surface area contributed by atoms with E-state index in [2.05, 4.69) is 4.72 Å². The van der Waals surface area contributed by atoms with Gasteiger partial charge in [0.15, 0.2) is 0 Å². The number of rotatable bonds is 5. The molecule has 0 bridgehead atoms. The maximum atomic E-state index is 11.9. The summed E-state index contributed by atoms with van der Waals surface area (Å²) in [6, 6.07) is 11.4. The smallest absolute Gasteiger partial charge is 0.212 e. The van der Waals surface area contributed by atoms with Crippen molar-refractivity contribution in [3.05, 3.63) is 35.9 Å². The van der Waals surface area contributed by atoms with Crippen molar-refractivity contribution in [2.45, 2.75) is 32.2 Å². The Kier molecular flexibility index (Phi) is 4.49. The van der Waals surface area contributed by atoms with Crippen molar-refractivity contribution in [3.63, 3.8) is 0 Å². The number of hydrogen-bond donors (Lipinski definition) is 1. The number of benzene rings is 1. The summed E-state index contributed by atoms with van der Waals surface area (Å²) in [6.07, 6.45) is 0. The molecule has 0 saturated carbocycles. The minimum Gasteiger partial charge on any atom is -0.212 e. The average molecular weight is 266 g/mol. The SMILES string of the molecule is CC(CS(=O)(=O)NC(C)(C)C#N)c1ccccc1. The summed E-state index contributed by atoms with van der Waals surface area (Å²) in [5.41, 5.74) is -0.104. The molecule has 0 saturated heterocycles. The van der Waals surface area contributed by atoms with Gasteiger partial charge in [-0.05, 0) is 25.3 Å². The number of nitriles is 1. The fraction of sp³-hybridized carbons (Fsp3) is 0.462. The second-order valence-electron chi connectivity index (χ2n) is 4.93. The third-order valence-corrected chi connectivity index (χ3v) is 4.29. The first-order chi connectivity index (χ1) is 8.26. The molecule has 0 spiro atoms. The van der Waals surface area contributed by atoms with Crippen molar-refractivity contribution in [2.75, 3.05) is 5.75 Å². The number of sulfonamides is 1. The normalized spacial score (nSPS) is 13.9. The van der Waals surface area contributed by atoms with Crippen LogP contribution in [0, 0.1) is 11.3 Å². The van der Waals surface area contributed by atoms with E-state index in [0.29, 0.717) is 0 Å². The van der Waals surface area contributed by atoms with Crippen LogP contribution in [0.2, 0.25) is 0 Å². The molecular weight excluding hydrogens is 248 g/mol. The van der Waals surface area contributed by atoms with Gasteiger partial charge in [-0.3, -0.25) is 0 Å². The predicted octanol–water partition coefficient (Wildman–Crippen LogP) is 2.01. The van der Waals surface area contributed by atoms with Gasteiger partial charge in [0.1, 0.15) is 5.54 Å². The van der Waals surface area contributed by atoms with E-state index in [1.54, 1.807) is 0 Å². The van der Waals surface area contributed by atoms with E-state index in [1.165, 1.54) is 13.8 Å². The van der Waals surface area contributed by atoms with Gasteiger partial charge in [0, 0.05) is 0 Å². The fourth-order valence-corrected chi connectivity index (χ4v) is 3.42. The van der Waals surface area contributed by atoms with Gasteiger partial charge in [-0.1, -0.05) is 37.3 Å². The van der Waals surface area contributed by atoms with Gasteiger partial charge in [-0.15, -0.1) is 0 Å². The lowest BCUT2D eigenvalue weighted by Gasteiger charge is -2.19. The largest absolute Gasteiger partial charge is 0.213 e. The van der Waals surface area contributed by atoms with Crippen molar-refractivity contribution in [2.24, 2.45) is 0 Å². The van der Waals surface area contributed by atoms with Crippen LogP contribution in [-0.2, 0) is 10.0 Å². The van der Waals surface area contributed by atoms with E-state index >= 15 is 0 Å². The monoisotopic (exact) mass is 266 g/mol. The van der Waals surface area contributed by atoms with Crippen molar-refractivity contribution >= 4 is 10.0 Å². The van der Waals surface area contributed by atoms with Crippen LogP contribution in [0.25, 0.3) is 0 Å². The molecule has 0 fully saturated rings. The zero-order valence-corrected chi connectivity index (χ0v) is 11.7. The molecule has 1 N–H and O–H groups in total. The molecule has 98 valence electrons. The molecule has 1 aromatic rings. The first-order valence-corrected chi connectivity index (χ1v) is 7.39. The quantitative estimate of drug-likeness (QED) is 0.886. The van der Waals surface area contributed by atoms with Gasteiger partial charge in [0.25, 0.3) is 0 Å². The van der Waals surface area contributed by atoms with E-state index in [0.717, 1.165) is 5.56 Å². The second kappa shape index (κ2) is 5.51. The third kappa shape index (κ3) is 4.47. The molecule has 1 atom stereocenters. The molecule has 0 aliphatic rings. The Hall–Kier alpha value is -1.38. The van der Waals surface area contributed by atoms with Gasteiger partial charge in [-0.2, -0.15) is 9.98 Å². The summed E-state index contributed by atoms with van der Waals surface area (Å²) in [5.74, 6) is -0.138. The van der Waals surface area contributed by atoms with Crippen LogP contribution in [0.1, 0.15) is 32.3 Å². The van der Waals surface area contributed by atoms with Gasteiger partial charge >= 0.3 is 0 Å². The van der Waals surface area contributed by atoms with E-state index in [-0.39, 0.29) is 11.7 Å². The summed E-state index contributed by atoms with van der Waals surface area (Å²) in [6.45, 7) is 4.93. The van der Waals surface area contributed by atoms with E-state index < -0.39 is 15.6 Å². The Morgan fingerprint density at radius 2 is 1.89 bits per heavy atom. The van der Waals surface area contributed by atoms with Crippen molar-refractivity contribution in [3.8, 4) is 6.07 Å². The highest BCUT2D eigenvalue weighted by molar-refractivity contribution is 7.89. The fourth-order valence-electron chi connectivity index (χ4n) is 1.66. The molecule has 1 aromatic carbocycles. The number of hydrogen-bond acceptors (Lipinski definition) is 3. The standard InChI is InChI=1S/C13H18N2O2S/c1-11(12-7-5-4-6-8-12)9-18(16,17)15-13(2,3)10-14/h4-8,11,15H,9H2,1-3H3. The topological polar surface area (TPSA) is 70.0 Å². The lowest BCUT2D eigenvalue weighted by molar-refractivity contribution is 0.532. The molecule has 0 aliphatic heterocycles. The van der Waals surface area contributed by atoms with Crippen molar-refractivity contribution in [1.82, 2.24) is 4.72 Å². The molecule has 4 nitrogen and oxygen atoms in total. The predicted molar refractivity (Wildman–Crippen MR) is 71.5 cm³/mol.